The average molecular weight is 520 g/mol. The third kappa shape index (κ3) is 4.87. The van der Waals surface area contributed by atoms with Gasteiger partial charge in [-0.3, -0.25) is 14.6 Å². The molecule has 7 heteroatoms. The van der Waals surface area contributed by atoms with Gasteiger partial charge in [-0.05, 0) is 68.0 Å². The standard InChI is InChI=1S/C30H31ClFN3O2/c1-19-7-5-10-25(35-16-13-20(17-27(35)36)22-8-6-9-23(31)28(22)32)24-18-21(12-15-33-24)30(2)14-4-3-11-26(30)34-29(19)37/h3-4,6,8-9,11-12,15,17-19,25H,5,7,10,13-14,16H2,1-2H3,(H,34,37)/t19-,25+,30?/m1/s1. The number of pyridine rings is 1. The molecule has 192 valence electrons. The number of halogens is 2. The molecule has 3 aliphatic rings. The maximum atomic E-state index is 14.7. The van der Waals surface area contributed by atoms with Crippen LogP contribution in [0.1, 0.15) is 68.8 Å². The molecule has 0 radical (unpaired) electrons. The number of nitrogens with zero attached hydrogens (tertiary/aromatic N) is 2. The molecule has 5 rings (SSSR count). The summed E-state index contributed by atoms with van der Waals surface area (Å²) in [6.07, 6.45) is 12.8. The zero-order valence-electron chi connectivity index (χ0n) is 21.1. The average Bonchev–Trinajstić information content (AvgIpc) is 2.89. The molecular weight excluding hydrogens is 489 g/mol. The predicted octanol–water partition coefficient (Wildman–Crippen LogP) is 6.27. The van der Waals surface area contributed by atoms with Gasteiger partial charge in [0.25, 0.3) is 0 Å². The Hall–Kier alpha value is -3.25. The molecule has 1 unspecified atom stereocenters. The van der Waals surface area contributed by atoms with Crippen molar-refractivity contribution in [3.63, 3.8) is 0 Å². The minimum atomic E-state index is -0.497. The molecule has 3 atom stereocenters. The third-order valence-electron chi connectivity index (χ3n) is 7.98. The maximum Gasteiger partial charge on any atom is 0.247 e. The summed E-state index contributed by atoms with van der Waals surface area (Å²) in [6, 6.07) is 8.70. The van der Waals surface area contributed by atoms with Crippen molar-refractivity contribution < 1.29 is 14.0 Å². The molecule has 2 amide bonds. The summed E-state index contributed by atoms with van der Waals surface area (Å²) in [5.41, 5.74) is 3.38. The lowest BCUT2D eigenvalue weighted by molar-refractivity contribution is -0.129. The Morgan fingerprint density at radius 2 is 2.05 bits per heavy atom. The van der Waals surface area contributed by atoms with E-state index in [0.29, 0.717) is 36.9 Å². The van der Waals surface area contributed by atoms with Crippen molar-refractivity contribution in [2.45, 2.75) is 57.4 Å². The maximum absolute atomic E-state index is 14.7. The van der Waals surface area contributed by atoms with Crippen molar-refractivity contribution in [2.24, 2.45) is 5.92 Å². The van der Waals surface area contributed by atoms with E-state index in [2.05, 4.69) is 24.4 Å². The molecule has 1 aromatic carbocycles. The second kappa shape index (κ2) is 10.3. The largest absolute Gasteiger partial charge is 0.330 e. The molecule has 1 aliphatic carbocycles. The first-order valence-electron chi connectivity index (χ1n) is 12.9. The second-order valence-corrected chi connectivity index (χ2v) is 10.8. The van der Waals surface area contributed by atoms with Crippen molar-refractivity contribution in [3.05, 3.63) is 94.2 Å². The quantitative estimate of drug-likeness (QED) is 0.508. The molecule has 0 saturated heterocycles. The number of carbonyl (C=O) groups is 2. The van der Waals surface area contributed by atoms with E-state index in [9.17, 15) is 14.0 Å². The van der Waals surface area contributed by atoms with Crippen molar-refractivity contribution in [1.29, 1.82) is 0 Å². The van der Waals surface area contributed by atoms with Crippen molar-refractivity contribution in [1.82, 2.24) is 15.2 Å². The summed E-state index contributed by atoms with van der Waals surface area (Å²) in [7, 11) is 0. The van der Waals surface area contributed by atoms with Crippen LogP contribution in [-0.2, 0) is 15.0 Å². The van der Waals surface area contributed by atoms with Crippen LogP contribution in [0.5, 0.6) is 0 Å². The van der Waals surface area contributed by atoms with E-state index in [4.69, 9.17) is 16.6 Å². The molecule has 2 bridgehead atoms. The van der Waals surface area contributed by atoms with E-state index in [1.54, 1.807) is 18.3 Å². The van der Waals surface area contributed by atoms with Gasteiger partial charge in [-0.25, -0.2) is 4.39 Å². The van der Waals surface area contributed by atoms with E-state index in [0.717, 1.165) is 29.8 Å². The van der Waals surface area contributed by atoms with E-state index in [-0.39, 0.29) is 28.8 Å². The molecule has 37 heavy (non-hydrogen) atoms. The smallest absolute Gasteiger partial charge is 0.247 e. The van der Waals surface area contributed by atoms with Crippen LogP contribution in [0.2, 0.25) is 5.02 Å². The summed E-state index contributed by atoms with van der Waals surface area (Å²) < 4.78 is 14.7. The molecule has 5 nitrogen and oxygen atoms in total. The summed E-state index contributed by atoms with van der Waals surface area (Å²) >= 11 is 5.98. The van der Waals surface area contributed by atoms with Gasteiger partial charge in [-0.15, -0.1) is 0 Å². The molecule has 0 saturated carbocycles. The Bertz CT molecular complexity index is 1330. The number of aromatic nitrogens is 1. The molecule has 2 aliphatic heterocycles. The number of allylic oxidation sites excluding steroid dienone is 4. The van der Waals surface area contributed by atoms with Gasteiger partial charge < -0.3 is 10.2 Å². The number of amides is 2. The van der Waals surface area contributed by atoms with Crippen LogP contribution in [0.15, 0.2) is 66.5 Å². The summed E-state index contributed by atoms with van der Waals surface area (Å²) in [6.45, 7) is 4.53. The number of carbonyl (C=O) groups excluding carboxylic acids is 2. The normalized spacial score (nSPS) is 26.3. The predicted molar refractivity (Wildman–Crippen MR) is 143 cm³/mol. The number of fused-ring (bicyclic) bond motifs is 4. The first kappa shape index (κ1) is 25.4. The zero-order valence-corrected chi connectivity index (χ0v) is 21.9. The van der Waals surface area contributed by atoms with Crippen molar-refractivity contribution in [2.75, 3.05) is 6.54 Å². The fourth-order valence-electron chi connectivity index (χ4n) is 5.59. The lowest BCUT2D eigenvalue weighted by Crippen LogP contribution is -2.41. The number of nitrogens with one attached hydrogen (secondary N) is 1. The zero-order chi connectivity index (χ0) is 26.2. The highest BCUT2D eigenvalue weighted by atomic mass is 35.5. The van der Waals surface area contributed by atoms with Gasteiger partial charge in [0.15, 0.2) is 0 Å². The van der Waals surface area contributed by atoms with Gasteiger partial charge in [-0.1, -0.05) is 49.2 Å². The molecule has 1 aromatic heterocycles. The fourth-order valence-corrected chi connectivity index (χ4v) is 5.76. The van der Waals surface area contributed by atoms with Crippen LogP contribution < -0.4 is 5.32 Å². The lowest BCUT2D eigenvalue weighted by atomic mass is 9.74. The Balaban J connectivity index is 1.51. The van der Waals surface area contributed by atoms with Gasteiger partial charge in [0.1, 0.15) is 5.82 Å². The summed E-state index contributed by atoms with van der Waals surface area (Å²) in [5, 5.41) is 3.23. The van der Waals surface area contributed by atoms with Crippen LogP contribution in [0.3, 0.4) is 0 Å². The van der Waals surface area contributed by atoms with Gasteiger partial charge in [-0.2, -0.15) is 0 Å². The van der Waals surface area contributed by atoms with E-state index in [1.807, 2.05) is 30.0 Å². The molecule has 1 N–H and O–H groups in total. The second-order valence-electron chi connectivity index (χ2n) is 10.4. The Morgan fingerprint density at radius 3 is 2.86 bits per heavy atom. The molecule has 3 heterocycles. The summed E-state index contributed by atoms with van der Waals surface area (Å²) in [5.74, 6) is -0.799. The Morgan fingerprint density at radius 1 is 1.22 bits per heavy atom. The van der Waals surface area contributed by atoms with Gasteiger partial charge in [0, 0.05) is 41.4 Å². The van der Waals surface area contributed by atoms with Crippen molar-refractivity contribution in [3.8, 4) is 0 Å². The minimum absolute atomic E-state index is 0.0179. The van der Waals surface area contributed by atoms with Crippen molar-refractivity contribution >= 4 is 29.0 Å². The number of benzene rings is 1. The lowest BCUT2D eigenvalue weighted by Gasteiger charge is -2.37. The molecule has 0 fully saturated rings. The number of hydrogen-bond acceptors (Lipinski definition) is 3. The van der Waals surface area contributed by atoms with Gasteiger partial charge in [0.2, 0.25) is 11.8 Å². The van der Waals surface area contributed by atoms with Crippen LogP contribution in [0.4, 0.5) is 4.39 Å². The van der Waals surface area contributed by atoms with Gasteiger partial charge >= 0.3 is 0 Å². The monoisotopic (exact) mass is 519 g/mol. The van der Waals surface area contributed by atoms with Crippen LogP contribution in [0, 0.1) is 11.7 Å². The van der Waals surface area contributed by atoms with Crippen LogP contribution in [0.25, 0.3) is 5.57 Å². The molecule has 0 spiro atoms. The Labute approximate surface area is 222 Å². The topological polar surface area (TPSA) is 62.3 Å². The third-order valence-corrected chi connectivity index (χ3v) is 8.27. The van der Waals surface area contributed by atoms with Gasteiger partial charge in [0.05, 0.1) is 16.8 Å². The van der Waals surface area contributed by atoms with Crippen LogP contribution >= 0.6 is 11.6 Å². The number of hydrogen-bond donors (Lipinski definition) is 1. The van der Waals surface area contributed by atoms with Crippen LogP contribution in [-0.4, -0.2) is 28.2 Å². The van der Waals surface area contributed by atoms with E-state index in [1.165, 1.54) is 12.1 Å². The van der Waals surface area contributed by atoms with E-state index < -0.39 is 11.2 Å². The first-order chi connectivity index (χ1) is 17.8. The first-order valence-corrected chi connectivity index (χ1v) is 13.3. The molecule has 2 aromatic rings. The SMILES string of the molecule is C[C@@H]1CCC[C@H](N2CCC(c3cccc(Cl)c3F)=CC2=O)c2cc(ccn2)C2(C)CC=CC=C2NC1=O. The summed E-state index contributed by atoms with van der Waals surface area (Å²) in [4.78, 5) is 33.0. The number of rotatable bonds is 2. The highest BCUT2D eigenvalue weighted by Gasteiger charge is 2.36. The molecular formula is C30H31ClFN3O2. The fraction of sp³-hybridized carbons (Fsp3) is 0.367. The highest BCUT2D eigenvalue weighted by Crippen LogP contribution is 2.40. The highest BCUT2D eigenvalue weighted by molar-refractivity contribution is 6.31. The van der Waals surface area contributed by atoms with E-state index >= 15 is 0 Å². The minimum Gasteiger partial charge on any atom is -0.330 e. The Kier molecular flexibility index (Phi) is 7.04.